The molecule has 0 N–H and O–H groups in total. The fourth-order valence-electron chi connectivity index (χ4n) is 4.56. The summed E-state index contributed by atoms with van der Waals surface area (Å²) in [5.74, 6) is 0.206. The molecule has 0 spiro atoms. The number of benzene rings is 2. The van der Waals surface area contributed by atoms with Gasteiger partial charge in [0.15, 0.2) is 6.23 Å². The van der Waals surface area contributed by atoms with Crippen molar-refractivity contribution in [1.82, 2.24) is 9.47 Å². The molecule has 195 valence electrons. The van der Waals surface area contributed by atoms with Crippen molar-refractivity contribution < 1.29 is 14.3 Å². The molecule has 1 aromatic heterocycles. The van der Waals surface area contributed by atoms with Gasteiger partial charge in [-0.15, -0.1) is 0 Å². The summed E-state index contributed by atoms with van der Waals surface area (Å²) in [4.78, 5) is 29.0. The lowest BCUT2D eigenvalue weighted by Crippen LogP contribution is -2.46. The Labute approximate surface area is 228 Å². The number of fused-ring (bicyclic) bond motifs is 1. The number of nitrogens with zero attached hydrogens (tertiary/aromatic N) is 3. The van der Waals surface area contributed by atoms with E-state index in [-0.39, 0.29) is 5.56 Å². The van der Waals surface area contributed by atoms with E-state index in [4.69, 9.17) is 32.7 Å². The Bertz CT molecular complexity index is 1290. The summed E-state index contributed by atoms with van der Waals surface area (Å²) in [5, 5.41) is 2.08. The van der Waals surface area contributed by atoms with Gasteiger partial charge in [0.25, 0.3) is 12.8 Å². The van der Waals surface area contributed by atoms with Gasteiger partial charge in [0.05, 0.1) is 27.9 Å². The van der Waals surface area contributed by atoms with E-state index in [1.807, 2.05) is 36.4 Å². The van der Waals surface area contributed by atoms with Crippen LogP contribution in [0.2, 0.25) is 16.9 Å². The third-order valence-electron chi connectivity index (χ3n) is 6.57. The molecule has 10 heteroatoms. The van der Waals surface area contributed by atoms with Gasteiger partial charge in [0.2, 0.25) is 5.87 Å². The van der Waals surface area contributed by atoms with Crippen LogP contribution >= 0.6 is 23.2 Å². The molecule has 1 fully saturated rings. The zero-order chi connectivity index (χ0) is 26.4. The van der Waals surface area contributed by atoms with Gasteiger partial charge in [-0.05, 0) is 62.0 Å². The number of hydrogen-bond acceptors (Lipinski definition) is 6. The number of halogens is 2. The van der Waals surface area contributed by atoms with Crippen LogP contribution < -0.4 is 15.2 Å². The molecule has 1 radical (unpaired) electrons. The van der Waals surface area contributed by atoms with E-state index in [2.05, 4.69) is 9.80 Å². The number of unbranched alkanes of at least 4 members (excludes halogenated alkanes) is 1. The highest BCUT2D eigenvalue weighted by atomic mass is 35.5. The van der Waals surface area contributed by atoms with Gasteiger partial charge in [-0.1, -0.05) is 36.1 Å². The Kier molecular flexibility index (Phi) is 9.41. The average Bonchev–Trinajstić information content (AvgIpc) is 2.90. The fourth-order valence-corrected chi connectivity index (χ4v) is 4.98. The van der Waals surface area contributed by atoms with Crippen LogP contribution in [0.3, 0.4) is 0 Å². The van der Waals surface area contributed by atoms with Gasteiger partial charge in [-0.2, -0.15) is 0 Å². The molecular formula is C27H31BCl2N3O4. The zero-order valence-electron chi connectivity index (χ0n) is 21.2. The van der Waals surface area contributed by atoms with Crippen molar-refractivity contribution in [2.75, 3.05) is 44.2 Å². The van der Waals surface area contributed by atoms with Crippen LogP contribution in [0, 0.1) is 0 Å². The van der Waals surface area contributed by atoms with Crippen molar-refractivity contribution in [2.45, 2.75) is 32.8 Å². The zero-order valence-corrected chi connectivity index (χ0v) is 22.7. The highest BCUT2D eigenvalue weighted by molar-refractivity contribution is 6.70. The predicted octanol–water partition coefficient (Wildman–Crippen LogP) is 5.70. The molecule has 1 aliphatic rings. The van der Waals surface area contributed by atoms with Crippen LogP contribution in [-0.4, -0.2) is 61.9 Å². The molecule has 1 aliphatic heterocycles. The van der Waals surface area contributed by atoms with Crippen LogP contribution in [0.1, 0.15) is 26.0 Å². The second kappa shape index (κ2) is 12.7. The van der Waals surface area contributed by atoms with Crippen molar-refractivity contribution in [1.29, 1.82) is 0 Å². The molecule has 3 aromatic rings. The van der Waals surface area contributed by atoms with E-state index in [0.29, 0.717) is 27.9 Å². The van der Waals surface area contributed by atoms with E-state index < -0.39 is 12.1 Å². The van der Waals surface area contributed by atoms with E-state index in [9.17, 15) is 9.59 Å². The standard InChI is InChI=1S/C27H31BCl2N3O4/c1-19(37-27(35)28-2)33-24-18-21(10-8-20(24)9-11-25(33)34)36-17-4-3-12-31-13-15-32(16-14-31)23-7-5-6-22(29)26(23)30/h5-11,18-19H,3-4,12-17H2,1-2H3. The molecule has 4 rings (SSSR count). The number of aromatic nitrogens is 1. The first-order valence-corrected chi connectivity index (χ1v) is 13.3. The summed E-state index contributed by atoms with van der Waals surface area (Å²) in [6, 6.07) is 14.6. The first-order chi connectivity index (χ1) is 17.9. The van der Waals surface area contributed by atoms with Gasteiger partial charge in [0, 0.05) is 38.3 Å². The number of carbonyl (C=O) groups excluding carboxylic acids is 1. The van der Waals surface area contributed by atoms with Crippen molar-refractivity contribution >= 4 is 52.9 Å². The number of anilines is 1. The van der Waals surface area contributed by atoms with E-state index in [0.717, 1.165) is 56.6 Å². The minimum absolute atomic E-state index is 0.237. The van der Waals surface area contributed by atoms with Gasteiger partial charge < -0.3 is 14.4 Å². The van der Waals surface area contributed by atoms with Crippen LogP contribution in [0.5, 0.6) is 5.75 Å². The number of ether oxygens (including phenoxy) is 2. The lowest BCUT2D eigenvalue weighted by Gasteiger charge is -2.36. The molecule has 1 unspecified atom stereocenters. The second-order valence-electron chi connectivity index (χ2n) is 9.04. The molecule has 1 saturated heterocycles. The third kappa shape index (κ3) is 6.80. The first-order valence-electron chi connectivity index (χ1n) is 12.6. The molecule has 37 heavy (non-hydrogen) atoms. The van der Waals surface area contributed by atoms with Crippen LogP contribution in [0.25, 0.3) is 10.9 Å². The second-order valence-corrected chi connectivity index (χ2v) is 9.83. The van der Waals surface area contributed by atoms with Crippen molar-refractivity contribution in [3.63, 3.8) is 0 Å². The molecule has 0 aliphatic carbocycles. The van der Waals surface area contributed by atoms with E-state index in [1.165, 1.54) is 17.9 Å². The molecule has 2 heterocycles. The molecule has 0 saturated carbocycles. The molecule has 2 aromatic carbocycles. The minimum atomic E-state index is -0.731. The number of carbonyl (C=O) groups is 1. The van der Waals surface area contributed by atoms with Crippen molar-refractivity contribution in [2.24, 2.45) is 0 Å². The van der Waals surface area contributed by atoms with Gasteiger partial charge >= 0.3 is 0 Å². The molecule has 0 bridgehead atoms. The van der Waals surface area contributed by atoms with Gasteiger partial charge in [0.1, 0.15) is 5.75 Å². The summed E-state index contributed by atoms with van der Waals surface area (Å²) in [5.41, 5.74) is 1.43. The Morgan fingerprint density at radius 1 is 1.05 bits per heavy atom. The maximum atomic E-state index is 12.5. The smallest absolute Gasteiger partial charge is 0.257 e. The lowest BCUT2D eigenvalue weighted by molar-refractivity contribution is 0.0889. The maximum Gasteiger partial charge on any atom is 0.257 e. The monoisotopic (exact) mass is 542 g/mol. The summed E-state index contributed by atoms with van der Waals surface area (Å²) in [6.07, 6.45) is 1.21. The quantitative estimate of drug-likeness (QED) is 0.242. The molecule has 7 nitrogen and oxygen atoms in total. The van der Waals surface area contributed by atoms with Crippen LogP contribution in [-0.2, 0) is 4.74 Å². The van der Waals surface area contributed by atoms with Crippen molar-refractivity contribution in [3.8, 4) is 5.75 Å². The largest absolute Gasteiger partial charge is 0.494 e. The Morgan fingerprint density at radius 2 is 1.81 bits per heavy atom. The molecular weight excluding hydrogens is 512 g/mol. The average molecular weight is 543 g/mol. The van der Waals surface area contributed by atoms with Gasteiger partial charge in [-0.3, -0.25) is 19.1 Å². The number of pyridine rings is 1. The van der Waals surface area contributed by atoms with Gasteiger partial charge in [-0.25, -0.2) is 0 Å². The fraction of sp³-hybridized carbons (Fsp3) is 0.407. The SMILES string of the molecule is C[B]C(=O)OC(C)n1c(=O)ccc2ccc(OCCCCN3CCN(c4cccc(Cl)c4Cl)CC3)cc21. The van der Waals surface area contributed by atoms with Crippen LogP contribution in [0.4, 0.5) is 10.5 Å². The van der Waals surface area contributed by atoms with E-state index in [1.54, 1.807) is 19.8 Å². The number of rotatable bonds is 10. The molecule has 1 atom stereocenters. The summed E-state index contributed by atoms with van der Waals surface area (Å²) in [7, 11) is 1.33. The highest BCUT2D eigenvalue weighted by Crippen LogP contribution is 2.33. The van der Waals surface area contributed by atoms with Crippen LogP contribution in [0.15, 0.2) is 53.3 Å². The van der Waals surface area contributed by atoms with E-state index >= 15 is 0 Å². The lowest BCUT2D eigenvalue weighted by atomic mass is 9.83. The maximum absolute atomic E-state index is 12.5. The Hall–Kier alpha value is -2.68. The predicted molar refractivity (Wildman–Crippen MR) is 151 cm³/mol. The molecule has 0 amide bonds. The summed E-state index contributed by atoms with van der Waals surface area (Å²) < 4.78 is 12.8. The first kappa shape index (κ1) is 27.4. The topological polar surface area (TPSA) is 64.0 Å². The minimum Gasteiger partial charge on any atom is -0.494 e. The normalized spacial score (nSPS) is 15.0. The Morgan fingerprint density at radius 3 is 2.57 bits per heavy atom. The Balaban J connectivity index is 1.26. The third-order valence-corrected chi connectivity index (χ3v) is 7.38. The highest BCUT2D eigenvalue weighted by Gasteiger charge is 2.19. The summed E-state index contributed by atoms with van der Waals surface area (Å²) in [6.45, 7) is 8.65. The van der Waals surface area contributed by atoms with Crippen molar-refractivity contribution in [3.05, 3.63) is 68.9 Å². The summed E-state index contributed by atoms with van der Waals surface area (Å²) >= 11 is 12.6. The number of hydrogen-bond donors (Lipinski definition) is 0. The number of piperazine rings is 1.